The van der Waals surface area contributed by atoms with Crippen molar-refractivity contribution < 1.29 is 24.2 Å². The first-order valence-corrected chi connectivity index (χ1v) is 7.90. The number of aryl methyl sites for hydroxylation is 1. The second-order valence-corrected chi connectivity index (χ2v) is 6.41. The van der Waals surface area contributed by atoms with E-state index >= 15 is 0 Å². The minimum atomic E-state index is -0.830. The van der Waals surface area contributed by atoms with Gasteiger partial charge in [0.05, 0.1) is 34.1 Å². The predicted octanol–water partition coefficient (Wildman–Crippen LogP) is 3.22. The molecule has 0 atom stereocenters. The average Bonchev–Trinajstić information content (AvgIpc) is 2.87. The van der Waals surface area contributed by atoms with Gasteiger partial charge in [0.2, 0.25) is 0 Å². The molecule has 1 heterocycles. The number of amides is 1. The number of carbonyl (C=O) groups excluding carboxylic acids is 2. The first-order valence-electron chi connectivity index (χ1n) is 7.09. The van der Waals surface area contributed by atoms with E-state index in [9.17, 15) is 29.8 Å². The summed E-state index contributed by atoms with van der Waals surface area (Å²) in [4.78, 5) is 45.3. The molecule has 11 heteroatoms. The molecule has 0 spiro atoms. The molecule has 0 bridgehead atoms. The van der Waals surface area contributed by atoms with E-state index in [4.69, 9.17) is 4.74 Å². The Morgan fingerprint density at radius 1 is 1.08 bits per heavy atom. The van der Waals surface area contributed by atoms with Crippen LogP contribution in [-0.4, -0.2) is 28.8 Å². The van der Waals surface area contributed by atoms with Crippen LogP contribution < -0.4 is 5.32 Å². The van der Waals surface area contributed by atoms with E-state index in [2.05, 4.69) is 5.32 Å². The third-order valence-electron chi connectivity index (χ3n) is 3.59. The minimum absolute atomic E-state index is 0.170. The van der Waals surface area contributed by atoms with Gasteiger partial charge in [-0.15, -0.1) is 11.3 Å². The second kappa shape index (κ2) is 7.27. The summed E-state index contributed by atoms with van der Waals surface area (Å²) in [6.07, 6.45) is 0. The van der Waals surface area contributed by atoms with Crippen LogP contribution in [0.4, 0.5) is 16.4 Å². The number of thiophene rings is 1. The van der Waals surface area contributed by atoms with Gasteiger partial charge in [0.1, 0.15) is 5.00 Å². The maximum absolute atomic E-state index is 12.4. The molecule has 0 saturated carbocycles. The number of hydrogen-bond donors (Lipinski definition) is 1. The normalized spacial score (nSPS) is 10.3. The number of methoxy groups -OCH3 is 1. The number of nitro benzene ring substituents is 2. The molecule has 26 heavy (non-hydrogen) atoms. The lowest BCUT2D eigenvalue weighted by molar-refractivity contribution is -0.394. The molecule has 0 unspecified atom stereocenters. The third-order valence-corrected chi connectivity index (χ3v) is 4.71. The van der Waals surface area contributed by atoms with E-state index < -0.39 is 33.1 Å². The Morgan fingerprint density at radius 2 is 1.62 bits per heavy atom. The quantitative estimate of drug-likeness (QED) is 0.477. The highest BCUT2D eigenvalue weighted by atomic mass is 32.1. The maximum atomic E-state index is 12.4. The number of carbonyl (C=O) groups is 2. The van der Waals surface area contributed by atoms with Gasteiger partial charge in [-0.25, -0.2) is 4.79 Å². The van der Waals surface area contributed by atoms with Crippen LogP contribution in [0.1, 0.15) is 31.2 Å². The molecule has 0 radical (unpaired) electrons. The smallest absolute Gasteiger partial charge is 0.341 e. The summed E-state index contributed by atoms with van der Waals surface area (Å²) in [5.74, 6) is -1.46. The standard InChI is InChI=1S/C15H13N3O7S/c1-7-8(2)26-14(12(7)15(20)25-3)16-13(19)9-4-10(17(21)22)6-11(5-9)18(23)24/h4-6H,1-3H3,(H,16,19). The summed E-state index contributed by atoms with van der Waals surface area (Å²) >= 11 is 1.13. The minimum Gasteiger partial charge on any atom is -0.465 e. The molecule has 0 aliphatic carbocycles. The fourth-order valence-corrected chi connectivity index (χ4v) is 3.22. The van der Waals surface area contributed by atoms with Crippen LogP contribution in [0, 0.1) is 34.1 Å². The van der Waals surface area contributed by atoms with Crippen molar-refractivity contribution in [3.05, 3.63) is 60.0 Å². The molecule has 2 aromatic rings. The van der Waals surface area contributed by atoms with E-state index in [1.54, 1.807) is 13.8 Å². The lowest BCUT2D eigenvalue weighted by atomic mass is 10.1. The number of anilines is 1. The average molecular weight is 379 g/mol. The number of ether oxygens (including phenoxy) is 1. The molecular weight excluding hydrogens is 366 g/mol. The Kier molecular flexibility index (Phi) is 5.31. The third kappa shape index (κ3) is 3.67. The highest BCUT2D eigenvalue weighted by molar-refractivity contribution is 7.16. The Bertz CT molecular complexity index is 903. The SMILES string of the molecule is COC(=O)c1c(NC(=O)c2cc([N+](=O)[O-])cc([N+](=O)[O-])c2)sc(C)c1C. The number of nitro groups is 2. The number of non-ortho nitro benzene ring substituents is 2. The largest absolute Gasteiger partial charge is 0.465 e. The summed E-state index contributed by atoms with van der Waals surface area (Å²) in [6.45, 7) is 3.44. The molecule has 0 aliphatic rings. The van der Waals surface area contributed by atoms with Crippen LogP contribution in [0.3, 0.4) is 0 Å². The van der Waals surface area contributed by atoms with Crippen LogP contribution in [-0.2, 0) is 4.74 Å². The maximum Gasteiger partial charge on any atom is 0.341 e. The monoisotopic (exact) mass is 379 g/mol. The van der Waals surface area contributed by atoms with E-state index in [-0.39, 0.29) is 16.1 Å². The van der Waals surface area contributed by atoms with Crippen LogP contribution in [0.15, 0.2) is 18.2 Å². The highest BCUT2D eigenvalue weighted by Crippen LogP contribution is 2.33. The molecule has 1 aromatic carbocycles. The number of nitrogens with one attached hydrogen (secondary N) is 1. The van der Waals surface area contributed by atoms with Gasteiger partial charge in [0, 0.05) is 17.0 Å². The van der Waals surface area contributed by atoms with Crippen molar-refractivity contribution >= 4 is 39.6 Å². The molecule has 136 valence electrons. The van der Waals surface area contributed by atoms with Crippen molar-refractivity contribution in [3.8, 4) is 0 Å². The zero-order valence-electron chi connectivity index (χ0n) is 13.9. The molecule has 0 saturated heterocycles. The Labute approximate surface area is 150 Å². The van der Waals surface area contributed by atoms with Crippen LogP contribution >= 0.6 is 11.3 Å². The van der Waals surface area contributed by atoms with Gasteiger partial charge >= 0.3 is 5.97 Å². The number of nitrogens with zero attached hydrogens (tertiary/aromatic N) is 2. The van der Waals surface area contributed by atoms with Crippen molar-refractivity contribution in [3.63, 3.8) is 0 Å². The van der Waals surface area contributed by atoms with Gasteiger partial charge in [-0.05, 0) is 19.4 Å². The second-order valence-electron chi connectivity index (χ2n) is 5.19. The van der Waals surface area contributed by atoms with Gasteiger partial charge < -0.3 is 10.1 Å². The number of hydrogen-bond acceptors (Lipinski definition) is 8. The lowest BCUT2D eigenvalue weighted by Gasteiger charge is -2.06. The van der Waals surface area contributed by atoms with Gasteiger partial charge in [-0.2, -0.15) is 0 Å². The van der Waals surface area contributed by atoms with Crippen LogP contribution in [0.5, 0.6) is 0 Å². The summed E-state index contributed by atoms with van der Waals surface area (Å²) in [6, 6.07) is 2.61. The van der Waals surface area contributed by atoms with Gasteiger partial charge in [0.15, 0.2) is 0 Å². The Hall–Kier alpha value is -3.34. The van der Waals surface area contributed by atoms with E-state index in [0.717, 1.165) is 34.4 Å². The topological polar surface area (TPSA) is 142 Å². The van der Waals surface area contributed by atoms with Crippen molar-refractivity contribution in [1.29, 1.82) is 0 Å². The molecule has 0 aliphatic heterocycles. The summed E-state index contributed by atoms with van der Waals surface area (Å²) in [7, 11) is 1.20. The first kappa shape index (κ1) is 19.0. The molecule has 1 N–H and O–H groups in total. The molecule has 2 rings (SSSR count). The summed E-state index contributed by atoms with van der Waals surface area (Å²) in [5.41, 5.74) is -0.650. The van der Waals surface area contributed by atoms with E-state index in [1.165, 1.54) is 7.11 Å². The van der Waals surface area contributed by atoms with Crippen LogP contribution in [0.25, 0.3) is 0 Å². The summed E-state index contributed by atoms with van der Waals surface area (Å²) < 4.78 is 4.70. The highest BCUT2D eigenvalue weighted by Gasteiger charge is 2.24. The van der Waals surface area contributed by atoms with Gasteiger partial charge in [-0.3, -0.25) is 25.0 Å². The fraction of sp³-hybridized carbons (Fsp3) is 0.200. The zero-order chi connectivity index (χ0) is 19.6. The lowest BCUT2D eigenvalue weighted by Crippen LogP contribution is -2.14. The van der Waals surface area contributed by atoms with Crippen molar-refractivity contribution in [2.75, 3.05) is 12.4 Å². The van der Waals surface area contributed by atoms with Gasteiger partial charge in [0.25, 0.3) is 17.3 Å². The van der Waals surface area contributed by atoms with E-state index in [0.29, 0.717) is 5.56 Å². The van der Waals surface area contributed by atoms with Crippen LogP contribution in [0.2, 0.25) is 0 Å². The molecule has 0 fully saturated rings. The number of benzene rings is 1. The van der Waals surface area contributed by atoms with E-state index in [1.807, 2.05) is 0 Å². The number of rotatable bonds is 5. The summed E-state index contributed by atoms with van der Waals surface area (Å²) in [5, 5.41) is 24.5. The molecular formula is C15H13N3O7S. The van der Waals surface area contributed by atoms with Crippen molar-refractivity contribution in [2.45, 2.75) is 13.8 Å². The fourth-order valence-electron chi connectivity index (χ4n) is 2.18. The van der Waals surface area contributed by atoms with Gasteiger partial charge in [-0.1, -0.05) is 0 Å². The van der Waals surface area contributed by atoms with Crippen molar-refractivity contribution in [2.24, 2.45) is 0 Å². The first-order chi connectivity index (χ1) is 12.1. The van der Waals surface area contributed by atoms with Crippen molar-refractivity contribution in [1.82, 2.24) is 0 Å². The zero-order valence-corrected chi connectivity index (χ0v) is 14.7. The Balaban J connectivity index is 2.46. The molecule has 10 nitrogen and oxygen atoms in total. The molecule has 1 aromatic heterocycles. The predicted molar refractivity (Wildman–Crippen MR) is 92.8 cm³/mol. The number of esters is 1. The Morgan fingerprint density at radius 3 is 2.08 bits per heavy atom. The molecule has 1 amide bonds.